The number of carbonyl (C=O) groups is 2. The lowest BCUT2D eigenvalue weighted by molar-refractivity contribution is 0.0582. The molecule has 3 rings (SSSR count). The van der Waals surface area contributed by atoms with Crippen LogP contribution in [0.3, 0.4) is 0 Å². The molecule has 2 aromatic rings. The van der Waals surface area contributed by atoms with Crippen molar-refractivity contribution in [3.05, 3.63) is 64.7 Å². The summed E-state index contributed by atoms with van der Waals surface area (Å²) >= 11 is 6.35. The van der Waals surface area contributed by atoms with Crippen molar-refractivity contribution in [3.8, 4) is 0 Å². The van der Waals surface area contributed by atoms with Crippen molar-refractivity contribution in [2.45, 2.75) is 32.9 Å². The fourth-order valence-corrected chi connectivity index (χ4v) is 3.96. The molecule has 0 bridgehead atoms. The fourth-order valence-electron chi connectivity index (χ4n) is 3.66. The Hall–Kier alpha value is -2.57. The van der Waals surface area contributed by atoms with Gasteiger partial charge in [-0.1, -0.05) is 35.9 Å². The molecule has 1 aliphatic heterocycles. The molecule has 1 unspecified atom stereocenters. The Bertz CT molecular complexity index is 894. The Morgan fingerprint density at radius 2 is 1.67 bits per heavy atom. The van der Waals surface area contributed by atoms with Gasteiger partial charge in [0.1, 0.15) is 0 Å². The van der Waals surface area contributed by atoms with Gasteiger partial charge in [-0.25, -0.2) is 4.79 Å². The van der Waals surface area contributed by atoms with Crippen LogP contribution in [0.5, 0.6) is 0 Å². The number of benzene rings is 2. The summed E-state index contributed by atoms with van der Waals surface area (Å²) in [6.45, 7) is 8.81. The molecule has 1 atom stereocenters. The molecular weight excluding hydrogens is 400 g/mol. The third-order valence-electron chi connectivity index (χ3n) is 5.29. The lowest BCUT2D eigenvalue weighted by Gasteiger charge is -2.38. The zero-order valence-corrected chi connectivity index (χ0v) is 18.4. The van der Waals surface area contributed by atoms with Gasteiger partial charge in [0.15, 0.2) is 0 Å². The largest absolute Gasteiger partial charge is 0.336 e. The third kappa shape index (κ3) is 5.52. The molecular formula is C23H29ClN4O2. The number of carbonyl (C=O) groups excluding carboxylic acids is 2. The molecule has 0 radical (unpaired) electrons. The van der Waals surface area contributed by atoms with Gasteiger partial charge in [0.05, 0.1) is 0 Å². The minimum atomic E-state index is -0.281. The highest BCUT2D eigenvalue weighted by atomic mass is 35.5. The van der Waals surface area contributed by atoms with Gasteiger partial charge in [-0.05, 0) is 50.6 Å². The number of amides is 3. The number of urea groups is 1. The molecule has 1 fully saturated rings. The van der Waals surface area contributed by atoms with Gasteiger partial charge < -0.3 is 15.5 Å². The number of nitrogens with zero attached hydrogens (tertiary/aromatic N) is 2. The summed E-state index contributed by atoms with van der Waals surface area (Å²) < 4.78 is 0. The molecule has 1 saturated heterocycles. The van der Waals surface area contributed by atoms with E-state index in [0.717, 1.165) is 23.7 Å². The second-order valence-corrected chi connectivity index (χ2v) is 8.27. The smallest absolute Gasteiger partial charge is 0.319 e. The normalized spacial score (nSPS) is 15.7. The van der Waals surface area contributed by atoms with Crippen LogP contribution in [-0.4, -0.2) is 54.0 Å². The van der Waals surface area contributed by atoms with Crippen LogP contribution in [0.4, 0.5) is 10.5 Å². The van der Waals surface area contributed by atoms with E-state index in [9.17, 15) is 9.59 Å². The third-order valence-corrected chi connectivity index (χ3v) is 5.64. The van der Waals surface area contributed by atoms with Crippen molar-refractivity contribution < 1.29 is 9.59 Å². The molecule has 2 aromatic carbocycles. The number of hydrogen-bond acceptors (Lipinski definition) is 3. The van der Waals surface area contributed by atoms with Gasteiger partial charge in [0.25, 0.3) is 5.91 Å². The van der Waals surface area contributed by atoms with Gasteiger partial charge in [0, 0.05) is 54.5 Å². The molecule has 0 spiro atoms. The second kappa shape index (κ2) is 9.96. The number of halogens is 1. The van der Waals surface area contributed by atoms with E-state index in [1.165, 1.54) is 0 Å². The van der Waals surface area contributed by atoms with Crippen molar-refractivity contribution >= 4 is 29.2 Å². The number of rotatable bonds is 5. The van der Waals surface area contributed by atoms with E-state index in [1.54, 1.807) is 24.3 Å². The maximum absolute atomic E-state index is 13.0. The lowest BCUT2D eigenvalue weighted by Crippen LogP contribution is -2.49. The topological polar surface area (TPSA) is 64.7 Å². The maximum Gasteiger partial charge on any atom is 0.319 e. The highest BCUT2D eigenvalue weighted by Crippen LogP contribution is 2.28. The van der Waals surface area contributed by atoms with E-state index in [1.807, 2.05) is 36.9 Å². The highest BCUT2D eigenvalue weighted by Gasteiger charge is 2.26. The average molecular weight is 429 g/mol. The fraction of sp³-hybridized carbons (Fsp3) is 0.391. The van der Waals surface area contributed by atoms with E-state index >= 15 is 0 Å². The summed E-state index contributed by atoms with van der Waals surface area (Å²) in [7, 11) is 0. The van der Waals surface area contributed by atoms with Crippen molar-refractivity contribution in [2.75, 3.05) is 31.5 Å². The summed E-state index contributed by atoms with van der Waals surface area (Å²) in [4.78, 5) is 29.1. The van der Waals surface area contributed by atoms with Crippen LogP contribution in [0.25, 0.3) is 0 Å². The van der Waals surface area contributed by atoms with Gasteiger partial charge >= 0.3 is 6.03 Å². The van der Waals surface area contributed by atoms with Gasteiger partial charge in [-0.3, -0.25) is 9.69 Å². The van der Waals surface area contributed by atoms with Crippen LogP contribution in [0.1, 0.15) is 42.7 Å². The average Bonchev–Trinajstić information content (AvgIpc) is 2.73. The van der Waals surface area contributed by atoms with Crippen molar-refractivity contribution in [1.82, 2.24) is 15.1 Å². The molecule has 3 amide bonds. The summed E-state index contributed by atoms with van der Waals surface area (Å²) in [5.74, 6) is -0.0204. The molecule has 0 saturated carbocycles. The first kappa shape index (κ1) is 22.1. The second-order valence-electron chi connectivity index (χ2n) is 7.86. The Kier molecular flexibility index (Phi) is 7.34. The van der Waals surface area contributed by atoms with E-state index in [-0.39, 0.29) is 24.0 Å². The number of anilines is 1. The van der Waals surface area contributed by atoms with Crippen molar-refractivity contribution in [2.24, 2.45) is 0 Å². The van der Waals surface area contributed by atoms with Crippen LogP contribution in [0.15, 0.2) is 48.5 Å². The summed E-state index contributed by atoms with van der Waals surface area (Å²) in [5.41, 5.74) is 2.28. The molecule has 1 heterocycles. The SMILES string of the molecule is CC(C)NC(=O)Nc1cccc(C(=O)N2CCN(C(C)c3ccccc3Cl)CC2)c1. The first-order valence-electron chi connectivity index (χ1n) is 10.3. The quantitative estimate of drug-likeness (QED) is 0.742. The van der Waals surface area contributed by atoms with E-state index < -0.39 is 0 Å². The van der Waals surface area contributed by atoms with Crippen LogP contribution in [-0.2, 0) is 0 Å². The Morgan fingerprint density at radius 1 is 0.967 bits per heavy atom. The molecule has 2 N–H and O–H groups in total. The summed E-state index contributed by atoms with van der Waals surface area (Å²) in [5, 5.41) is 6.32. The number of nitrogens with one attached hydrogen (secondary N) is 2. The number of piperazine rings is 1. The monoisotopic (exact) mass is 428 g/mol. The lowest BCUT2D eigenvalue weighted by atomic mass is 10.1. The van der Waals surface area contributed by atoms with Crippen LogP contribution in [0, 0.1) is 0 Å². The Labute approximate surface area is 183 Å². The number of hydrogen-bond donors (Lipinski definition) is 2. The molecule has 0 aromatic heterocycles. The Balaban J connectivity index is 1.59. The molecule has 6 nitrogen and oxygen atoms in total. The van der Waals surface area contributed by atoms with Crippen LogP contribution >= 0.6 is 11.6 Å². The molecule has 1 aliphatic rings. The van der Waals surface area contributed by atoms with Gasteiger partial charge in [-0.2, -0.15) is 0 Å². The highest BCUT2D eigenvalue weighted by molar-refractivity contribution is 6.31. The van der Waals surface area contributed by atoms with Crippen molar-refractivity contribution in [1.29, 1.82) is 0 Å². The first-order chi connectivity index (χ1) is 14.3. The minimum Gasteiger partial charge on any atom is -0.336 e. The standard InChI is InChI=1S/C23H29ClN4O2/c1-16(2)25-23(30)26-19-8-6-7-18(15-19)22(29)28-13-11-27(12-14-28)17(3)20-9-4-5-10-21(20)24/h4-10,15-17H,11-14H2,1-3H3,(H2,25,26,30). The summed E-state index contributed by atoms with van der Waals surface area (Å²) in [6.07, 6.45) is 0. The predicted molar refractivity (Wildman–Crippen MR) is 121 cm³/mol. The first-order valence-corrected chi connectivity index (χ1v) is 10.7. The van der Waals surface area contributed by atoms with E-state index in [0.29, 0.717) is 24.3 Å². The van der Waals surface area contributed by atoms with Crippen LogP contribution in [0.2, 0.25) is 5.02 Å². The maximum atomic E-state index is 13.0. The van der Waals surface area contributed by atoms with Crippen LogP contribution < -0.4 is 10.6 Å². The van der Waals surface area contributed by atoms with Crippen molar-refractivity contribution in [3.63, 3.8) is 0 Å². The van der Waals surface area contributed by atoms with E-state index in [4.69, 9.17) is 11.6 Å². The predicted octanol–water partition coefficient (Wildman–Crippen LogP) is 4.39. The zero-order valence-electron chi connectivity index (χ0n) is 17.7. The van der Waals surface area contributed by atoms with Gasteiger partial charge in [-0.15, -0.1) is 0 Å². The molecule has 160 valence electrons. The van der Waals surface area contributed by atoms with E-state index in [2.05, 4.69) is 28.5 Å². The molecule has 0 aliphatic carbocycles. The molecule has 30 heavy (non-hydrogen) atoms. The Morgan fingerprint density at radius 3 is 2.33 bits per heavy atom. The molecule has 7 heteroatoms. The minimum absolute atomic E-state index is 0.0204. The zero-order chi connectivity index (χ0) is 21.7. The van der Waals surface area contributed by atoms with Gasteiger partial charge in [0.2, 0.25) is 0 Å². The summed E-state index contributed by atoms with van der Waals surface area (Å²) in [6, 6.07) is 14.9.